The molecule has 1 heterocycles. The first kappa shape index (κ1) is 10.1. The van der Waals surface area contributed by atoms with E-state index in [1.54, 1.807) is 24.4 Å². The number of amides is 1. The predicted octanol–water partition coefficient (Wildman–Crippen LogP) is 0.725. The summed E-state index contributed by atoms with van der Waals surface area (Å²) in [5.41, 5.74) is 0.430. The van der Waals surface area contributed by atoms with Gasteiger partial charge in [-0.2, -0.15) is 0 Å². The fourth-order valence-corrected chi connectivity index (χ4v) is 1.85. The molecule has 0 radical (unpaired) electrons. The van der Waals surface area contributed by atoms with E-state index in [1.807, 2.05) is 0 Å². The van der Waals surface area contributed by atoms with Crippen LogP contribution < -0.4 is 5.32 Å². The Bertz CT molecular complexity index is 340. The first-order valence-corrected chi connectivity index (χ1v) is 5.15. The Labute approximate surface area is 88.3 Å². The maximum atomic E-state index is 11.7. The first-order valence-electron chi connectivity index (χ1n) is 5.15. The van der Waals surface area contributed by atoms with E-state index in [0.29, 0.717) is 12.1 Å². The lowest BCUT2D eigenvalue weighted by Gasteiger charge is -2.11. The van der Waals surface area contributed by atoms with Gasteiger partial charge in [-0.15, -0.1) is 0 Å². The number of rotatable bonds is 2. The molecule has 4 nitrogen and oxygen atoms in total. The molecule has 1 aromatic rings. The van der Waals surface area contributed by atoms with Gasteiger partial charge in [0.1, 0.15) is 5.69 Å². The molecule has 1 fully saturated rings. The number of aromatic nitrogens is 1. The van der Waals surface area contributed by atoms with Crippen LogP contribution in [0.15, 0.2) is 24.4 Å². The van der Waals surface area contributed by atoms with Gasteiger partial charge < -0.3 is 10.4 Å². The quantitative estimate of drug-likeness (QED) is 0.749. The Morgan fingerprint density at radius 1 is 1.47 bits per heavy atom. The Morgan fingerprint density at radius 3 is 2.93 bits per heavy atom. The summed E-state index contributed by atoms with van der Waals surface area (Å²) in [4.78, 5) is 15.6. The number of aliphatic hydroxyl groups is 1. The van der Waals surface area contributed by atoms with Gasteiger partial charge in [0.05, 0.1) is 6.10 Å². The van der Waals surface area contributed by atoms with Gasteiger partial charge in [-0.05, 0) is 31.4 Å². The van der Waals surface area contributed by atoms with Crippen LogP contribution in [0.25, 0.3) is 0 Å². The Kier molecular flexibility index (Phi) is 2.97. The van der Waals surface area contributed by atoms with Crippen molar-refractivity contribution in [3.63, 3.8) is 0 Å². The van der Waals surface area contributed by atoms with Crippen molar-refractivity contribution in [2.24, 2.45) is 0 Å². The first-order chi connectivity index (χ1) is 7.25. The second-order valence-electron chi connectivity index (χ2n) is 3.85. The molecule has 0 spiro atoms. The van der Waals surface area contributed by atoms with Gasteiger partial charge in [-0.1, -0.05) is 6.07 Å². The zero-order valence-electron chi connectivity index (χ0n) is 8.39. The summed E-state index contributed by atoms with van der Waals surface area (Å²) in [6.45, 7) is 0. The molecule has 2 rings (SSSR count). The molecule has 0 unspecified atom stereocenters. The highest BCUT2D eigenvalue weighted by molar-refractivity contribution is 5.92. The number of carbonyl (C=O) groups excluding carboxylic acids is 1. The van der Waals surface area contributed by atoms with Crippen LogP contribution in [0.5, 0.6) is 0 Å². The van der Waals surface area contributed by atoms with Crippen molar-refractivity contribution in [3.8, 4) is 0 Å². The molecule has 80 valence electrons. The summed E-state index contributed by atoms with van der Waals surface area (Å²) in [6.07, 6.45) is 3.60. The third-order valence-electron chi connectivity index (χ3n) is 2.64. The topological polar surface area (TPSA) is 62.2 Å². The van der Waals surface area contributed by atoms with Crippen LogP contribution in [0.2, 0.25) is 0 Å². The number of hydrogen-bond donors (Lipinski definition) is 2. The van der Waals surface area contributed by atoms with Crippen molar-refractivity contribution in [1.82, 2.24) is 10.3 Å². The van der Waals surface area contributed by atoms with Crippen LogP contribution in [0.1, 0.15) is 29.8 Å². The fraction of sp³-hybridized carbons (Fsp3) is 0.455. The maximum Gasteiger partial charge on any atom is 0.270 e. The van der Waals surface area contributed by atoms with E-state index in [9.17, 15) is 9.90 Å². The summed E-state index contributed by atoms with van der Waals surface area (Å²) in [5, 5.41) is 12.2. The van der Waals surface area contributed by atoms with Gasteiger partial charge >= 0.3 is 0 Å². The van der Waals surface area contributed by atoms with Crippen LogP contribution in [-0.2, 0) is 0 Å². The van der Waals surface area contributed by atoms with Crippen molar-refractivity contribution in [2.75, 3.05) is 0 Å². The van der Waals surface area contributed by atoms with Gasteiger partial charge in [0.25, 0.3) is 5.91 Å². The lowest BCUT2D eigenvalue weighted by atomic mass is 10.2. The zero-order valence-corrected chi connectivity index (χ0v) is 8.39. The maximum absolute atomic E-state index is 11.7. The molecule has 0 bridgehead atoms. The van der Waals surface area contributed by atoms with Crippen LogP contribution in [-0.4, -0.2) is 28.1 Å². The summed E-state index contributed by atoms with van der Waals surface area (Å²) in [7, 11) is 0. The molecule has 0 saturated heterocycles. The van der Waals surface area contributed by atoms with Crippen LogP contribution in [0, 0.1) is 0 Å². The molecule has 1 amide bonds. The standard InChI is InChI=1S/C11H14N2O2/c14-9-5-4-8(7-9)13-11(15)10-3-1-2-6-12-10/h1-3,6,8-9,14H,4-5,7H2,(H,13,15)/t8-,9+/m0/s1. The number of hydrogen-bond acceptors (Lipinski definition) is 3. The lowest BCUT2D eigenvalue weighted by Crippen LogP contribution is -2.33. The third kappa shape index (κ3) is 2.53. The van der Waals surface area contributed by atoms with E-state index < -0.39 is 0 Å². The molecular weight excluding hydrogens is 192 g/mol. The van der Waals surface area contributed by atoms with Crippen molar-refractivity contribution >= 4 is 5.91 Å². The van der Waals surface area contributed by atoms with Crippen molar-refractivity contribution < 1.29 is 9.90 Å². The van der Waals surface area contributed by atoms with E-state index in [-0.39, 0.29) is 18.1 Å². The molecule has 0 aliphatic heterocycles. The molecule has 1 aromatic heterocycles. The Hall–Kier alpha value is -1.42. The van der Waals surface area contributed by atoms with E-state index in [2.05, 4.69) is 10.3 Å². The summed E-state index contributed by atoms with van der Waals surface area (Å²) >= 11 is 0. The highest BCUT2D eigenvalue weighted by Crippen LogP contribution is 2.18. The molecule has 1 saturated carbocycles. The number of carbonyl (C=O) groups is 1. The van der Waals surface area contributed by atoms with Crippen molar-refractivity contribution in [1.29, 1.82) is 0 Å². The average molecular weight is 206 g/mol. The second kappa shape index (κ2) is 4.40. The molecule has 4 heteroatoms. The molecule has 0 aromatic carbocycles. The highest BCUT2D eigenvalue weighted by Gasteiger charge is 2.24. The molecule has 2 N–H and O–H groups in total. The van der Waals surface area contributed by atoms with Gasteiger partial charge in [-0.3, -0.25) is 9.78 Å². The minimum absolute atomic E-state index is 0.0921. The zero-order chi connectivity index (χ0) is 10.7. The SMILES string of the molecule is O=C(N[C@H]1CC[C@@H](O)C1)c1ccccn1. The Balaban J connectivity index is 1.93. The minimum Gasteiger partial charge on any atom is -0.393 e. The number of nitrogens with one attached hydrogen (secondary N) is 1. The van der Waals surface area contributed by atoms with Gasteiger partial charge in [0.15, 0.2) is 0 Å². The normalized spacial score (nSPS) is 25.1. The highest BCUT2D eigenvalue weighted by atomic mass is 16.3. The predicted molar refractivity (Wildman–Crippen MR) is 55.3 cm³/mol. The van der Waals surface area contributed by atoms with Crippen LogP contribution in [0.3, 0.4) is 0 Å². The van der Waals surface area contributed by atoms with Crippen molar-refractivity contribution in [2.45, 2.75) is 31.4 Å². The van der Waals surface area contributed by atoms with E-state index in [0.717, 1.165) is 12.8 Å². The molecular formula is C11H14N2O2. The van der Waals surface area contributed by atoms with Crippen LogP contribution >= 0.6 is 0 Å². The van der Waals surface area contributed by atoms with E-state index in [1.165, 1.54) is 0 Å². The van der Waals surface area contributed by atoms with Crippen molar-refractivity contribution in [3.05, 3.63) is 30.1 Å². The summed E-state index contributed by atoms with van der Waals surface area (Å²) in [5.74, 6) is -0.158. The van der Waals surface area contributed by atoms with Gasteiger partial charge in [-0.25, -0.2) is 0 Å². The van der Waals surface area contributed by atoms with E-state index in [4.69, 9.17) is 0 Å². The fourth-order valence-electron chi connectivity index (χ4n) is 1.85. The lowest BCUT2D eigenvalue weighted by molar-refractivity contribution is 0.0929. The smallest absolute Gasteiger partial charge is 0.270 e. The second-order valence-corrected chi connectivity index (χ2v) is 3.85. The van der Waals surface area contributed by atoms with Crippen LogP contribution in [0.4, 0.5) is 0 Å². The molecule has 2 atom stereocenters. The largest absolute Gasteiger partial charge is 0.393 e. The summed E-state index contributed by atoms with van der Waals surface area (Å²) < 4.78 is 0. The van der Waals surface area contributed by atoms with Gasteiger partial charge in [0, 0.05) is 12.2 Å². The third-order valence-corrected chi connectivity index (χ3v) is 2.64. The molecule has 1 aliphatic rings. The average Bonchev–Trinajstić information content (AvgIpc) is 2.65. The molecule has 1 aliphatic carbocycles. The number of aliphatic hydroxyl groups excluding tert-OH is 1. The van der Waals surface area contributed by atoms with E-state index >= 15 is 0 Å². The number of pyridine rings is 1. The Morgan fingerprint density at radius 2 is 2.33 bits per heavy atom. The summed E-state index contributed by atoms with van der Waals surface area (Å²) in [6, 6.07) is 5.33. The minimum atomic E-state index is -0.265. The monoisotopic (exact) mass is 206 g/mol. The molecule has 15 heavy (non-hydrogen) atoms. The number of nitrogens with zero attached hydrogens (tertiary/aromatic N) is 1. The van der Waals surface area contributed by atoms with Gasteiger partial charge in [0.2, 0.25) is 0 Å².